The number of amides is 2. The van der Waals surface area contributed by atoms with Crippen LogP contribution in [0, 0.1) is 5.92 Å². The van der Waals surface area contributed by atoms with Gasteiger partial charge in [0, 0.05) is 30.0 Å². The number of urea groups is 1. The Morgan fingerprint density at radius 3 is 2.74 bits per heavy atom. The van der Waals surface area contributed by atoms with E-state index in [-0.39, 0.29) is 23.5 Å². The molecular weight excluding hydrogens is 292 g/mol. The summed E-state index contributed by atoms with van der Waals surface area (Å²) in [5.74, 6) is 1.09. The van der Waals surface area contributed by atoms with Crippen molar-refractivity contribution in [3.8, 4) is 5.75 Å². The lowest BCUT2D eigenvalue weighted by Gasteiger charge is -2.20. The van der Waals surface area contributed by atoms with Crippen LogP contribution in [0.3, 0.4) is 0 Å². The first-order valence-electron chi connectivity index (χ1n) is 8.48. The molecule has 3 rings (SSSR count). The van der Waals surface area contributed by atoms with E-state index in [2.05, 4.69) is 16.7 Å². The van der Waals surface area contributed by atoms with Gasteiger partial charge in [0.2, 0.25) is 0 Å². The Balaban J connectivity index is 1.50. The lowest BCUT2D eigenvalue weighted by molar-refractivity contribution is 0.132. The summed E-state index contributed by atoms with van der Waals surface area (Å²) in [4.78, 5) is 12.0. The predicted octanol–water partition coefficient (Wildman–Crippen LogP) is 2.19. The SMILES string of the molecule is COc1ccccc1C1(CNC(=O)NC[C@H]2CCC[C@H]2O)CC1. The molecule has 0 aromatic heterocycles. The van der Waals surface area contributed by atoms with Gasteiger partial charge in [-0.15, -0.1) is 0 Å². The van der Waals surface area contributed by atoms with Crippen molar-refractivity contribution in [2.24, 2.45) is 5.92 Å². The van der Waals surface area contributed by atoms with Crippen LogP contribution < -0.4 is 15.4 Å². The largest absolute Gasteiger partial charge is 0.496 e. The van der Waals surface area contributed by atoms with Crippen molar-refractivity contribution in [3.05, 3.63) is 29.8 Å². The smallest absolute Gasteiger partial charge is 0.314 e. The van der Waals surface area contributed by atoms with Crippen LogP contribution >= 0.6 is 0 Å². The summed E-state index contributed by atoms with van der Waals surface area (Å²) in [7, 11) is 1.68. The Bertz CT molecular complexity index is 557. The van der Waals surface area contributed by atoms with E-state index < -0.39 is 0 Å². The van der Waals surface area contributed by atoms with Gasteiger partial charge in [-0.2, -0.15) is 0 Å². The quantitative estimate of drug-likeness (QED) is 0.753. The summed E-state index contributed by atoms with van der Waals surface area (Å²) in [5, 5.41) is 15.7. The molecule has 2 saturated carbocycles. The number of benzene rings is 1. The van der Waals surface area contributed by atoms with Gasteiger partial charge in [0.25, 0.3) is 0 Å². The number of ether oxygens (including phenoxy) is 1. The van der Waals surface area contributed by atoms with Crippen molar-refractivity contribution in [1.29, 1.82) is 0 Å². The van der Waals surface area contributed by atoms with E-state index in [0.717, 1.165) is 37.9 Å². The van der Waals surface area contributed by atoms with Gasteiger partial charge in [-0.1, -0.05) is 24.6 Å². The van der Waals surface area contributed by atoms with E-state index in [1.165, 1.54) is 5.56 Å². The third kappa shape index (κ3) is 3.61. The molecule has 2 amide bonds. The minimum Gasteiger partial charge on any atom is -0.496 e. The Hall–Kier alpha value is -1.75. The highest BCUT2D eigenvalue weighted by Crippen LogP contribution is 2.50. The molecule has 2 fully saturated rings. The average Bonchev–Trinajstić information content (AvgIpc) is 3.26. The fourth-order valence-corrected chi connectivity index (χ4v) is 3.57. The second-order valence-electron chi connectivity index (χ2n) is 6.80. The van der Waals surface area contributed by atoms with Crippen LogP contribution in [0.5, 0.6) is 5.75 Å². The highest BCUT2D eigenvalue weighted by atomic mass is 16.5. The van der Waals surface area contributed by atoms with Crippen molar-refractivity contribution < 1.29 is 14.6 Å². The van der Waals surface area contributed by atoms with Gasteiger partial charge < -0.3 is 20.5 Å². The molecule has 3 N–H and O–H groups in total. The molecule has 2 aliphatic rings. The standard InChI is InChI=1S/C18H26N2O3/c1-23-16-8-3-2-6-14(16)18(9-10-18)12-20-17(22)19-11-13-5-4-7-15(13)21/h2-3,6,8,13,15,21H,4-5,7,9-12H2,1H3,(H2,19,20,22)/t13-,15-/m1/s1. The molecule has 0 unspecified atom stereocenters. The van der Waals surface area contributed by atoms with Crippen LogP contribution in [-0.4, -0.2) is 37.4 Å². The van der Waals surface area contributed by atoms with Crippen molar-refractivity contribution >= 4 is 6.03 Å². The summed E-state index contributed by atoms with van der Waals surface area (Å²) in [6.45, 7) is 1.17. The van der Waals surface area contributed by atoms with E-state index in [1.54, 1.807) is 7.11 Å². The van der Waals surface area contributed by atoms with Gasteiger partial charge in [0.05, 0.1) is 13.2 Å². The monoisotopic (exact) mass is 318 g/mol. The summed E-state index contributed by atoms with van der Waals surface area (Å²) >= 11 is 0. The van der Waals surface area contributed by atoms with Crippen molar-refractivity contribution in [1.82, 2.24) is 10.6 Å². The van der Waals surface area contributed by atoms with Gasteiger partial charge in [-0.25, -0.2) is 4.79 Å². The zero-order valence-electron chi connectivity index (χ0n) is 13.7. The molecule has 126 valence electrons. The fourth-order valence-electron chi connectivity index (χ4n) is 3.57. The topological polar surface area (TPSA) is 70.6 Å². The third-order valence-corrected chi connectivity index (χ3v) is 5.26. The Labute approximate surface area is 137 Å². The number of hydrogen-bond donors (Lipinski definition) is 3. The van der Waals surface area contributed by atoms with Gasteiger partial charge >= 0.3 is 6.03 Å². The highest BCUT2D eigenvalue weighted by Gasteiger charge is 2.46. The van der Waals surface area contributed by atoms with Crippen LogP contribution in [0.2, 0.25) is 0 Å². The average molecular weight is 318 g/mol. The number of nitrogens with one attached hydrogen (secondary N) is 2. The number of carbonyl (C=O) groups excluding carboxylic acids is 1. The molecule has 0 heterocycles. The molecule has 2 atom stereocenters. The zero-order chi connectivity index (χ0) is 16.3. The third-order valence-electron chi connectivity index (χ3n) is 5.26. The molecule has 1 aromatic carbocycles. The summed E-state index contributed by atoms with van der Waals surface area (Å²) < 4.78 is 5.45. The Kier molecular flexibility index (Phi) is 4.76. The summed E-state index contributed by atoms with van der Waals surface area (Å²) in [6, 6.07) is 7.88. The van der Waals surface area contributed by atoms with Crippen molar-refractivity contribution in [3.63, 3.8) is 0 Å². The van der Waals surface area contributed by atoms with Crippen LogP contribution in [0.25, 0.3) is 0 Å². The first-order chi connectivity index (χ1) is 11.1. The number of methoxy groups -OCH3 is 1. The minimum atomic E-state index is -0.265. The van der Waals surface area contributed by atoms with Crippen LogP contribution in [0.15, 0.2) is 24.3 Å². The first kappa shape index (κ1) is 16.1. The molecule has 0 aliphatic heterocycles. The van der Waals surface area contributed by atoms with Gasteiger partial charge in [0.1, 0.15) is 5.75 Å². The number of hydrogen-bond acceptors (Lipinski definition) is 3. The van der Waals surface area contributed by atoms with Crippen LogP contribution in [-0.2, 0) is 5.41 Å². The van der Waals surface area contributed by atoms with E-state index in [1.807, 2.05) is 18.2 Å². The predicted molar refractivity (Wildman–Crippen MR) is 88.7 cm³/mol. The molecule has 0 bridgehead atoms. The lowest BCUT2D eigenvalue weighted by Crippen LogP contribution is -2.42. The highest BCUT2D eigenvalue weighted by molar-refractivity contribution is 5.74. The summed E-state index contributed by atoms with van der Waals surface area (Å²) in [5.41, 5.74) is 1.19. The van der Waals surface area contributed by atoms with E-state index in [4.69, 9.17) is 4.74 Å². The molecule has 2 aliphatic carbocycles. The van der Waals surface area contributed by atoms with Crippen LogP contribution in [0.4, 0.5) is 4.79 Å². The van der Waals surface area contributed by atoms with E-state index >= 15 is 0 Å². The molecular formula is C18H26N2O3. The fraction of sp³-hybridized carbons (Fsp3) is 0.611. The van der Waals surface area contributed by atoms with E-state index in [9.17, 15) is 9.90 Å². The Morgan fingerprint density at radius 2 is 2.09 bits per heavy atom. The molecule has 0 spiro atoms. The van der Waals surface area contributed by atoms with Gasteiger partial charge in [0.15, 0.2) is 0 Å². The Morgan fingerprint density at radius 1 is 1.30 bits per heavy atom. The molecule has 23 heavy (non-hydrogen) atoms. The number of rotatable bonds is 6. The number of para-hydroxylation sites is 1. The second kappa shape index (κ2) is 6.79. The molecule has 5 nitrogen and oxygen atoms in total. The number of carbonyl (C=O) groups is 1. The minimum absolute atomic E-state index is 0.0107. The van der Waals surface area contributed by atoms with Crippen LogP contribution in [0.1, 0.15) is 37.7 Å². The number of aliphatic hydroxyl groups is 1. The van der Waals surface area contributed by atoms with Crippen molar-refractivity contribution in [2.75, 3.05) is 20.2 Å². The zero-order valence-corrected chi connectivity index (χ0v) is 13.7. The normalized spacial score (nSPS) is 25.0. The molecule has 1 aromatic rings. The second-order valence-corrected chi connectivity index (χ2v) is 6.80. The maximum Gasteiger partial charge on any atom is 0.314 e. The lowest BCUT2D eigenvalue weighted by atomic mass is 9.95. The maximum atomic E-state index is 12.0. The van der Waals surface area contributed by atoms with E-state index in [0.29, 0.717) is 13.1 Å². The summed E-state index contributed by atoms with van der Waals surface area (Å²) in [6.07, 6.45) is 4.76. The van der Waals surface area contributed by atoms with Gasteiger partial charge in [-0.3, -0.25) is 0 Å². The van der Waals surface area contributed by atoms with Gasteiger partial charge in [-0.05, 0) is 31.7 Å². The molecule has 5 heteroatoms. The maximum absolute atomic E-state index is 12.0. The first-order valence-corrected chi connectivity index (χ1v) is 8.48. The molecule has 0 saturated heterocycles. The number of aliphatic hydroxyl groups excluding tert-OH is 1. The van der Waals surface area contributed by atoms with Crippen molar-refractivity contribution in [2.45, 2.75) is 43.6 Å². The molecule has 0 radical (unpaired) electrons.